The minimum absolute atomic E-state index is 0. The van der Waals surface area contributed by atoms with Crippen molar-refractivity contribution in [3.63, 3.8) is 0 Å². The van der Waals surface area contributed by atoms with Crippen molar-refractivity contribution in [2.24, 2.45) is 4.99 Å². The first-order valence-corrected chi connectivity index (χ1v) is 9.29. The van der Waals surface area contributed by atoms with Crippen molar-refractivity contribution in [2.45, 2.75) is 32.9 Å². The summed E-state index contributed by atoms with van der Waals surface area (Å²) in [7, 11) is 1.81. The molecule has 0 atom stereocenters. The zero-order valence-corrected chi connectivity index (χ0v) is 18.9. The van der Waals surface area contributed by atoms with Crippen LogP contribution in [0.1, 0.15) is 25.0 Å². The molecule has 2 aromatic rings. The number of carbonyl (C=O) groups is 1. The number of fused-ring (bicyclic) bond motifs is 1. The van der Waals surface area contributed by atoms with Gasteiger partial charge in [-0.25, -0.2) is 4.79 Å². The van der Waals surface area contributed by atoms with E-state index in [1.807, 2.05) is 45.2 Å². The number of hydrogen-bond acceptors (Lipinski definition) is 2. The van der Waals surface area contributed by atoms with Crippen LogP contribution in [0.15, 0.2) is 53.5 Å². The van der Waals surface area contributed by atoms with E-state index in [0.29, 0.717) is 6.54 Å². The molecule has 1 heterocycles. The van der Waals surface area contributed by atoms with Gasteiger partial charge in [0.2, 0.25) is 0 Å². The van der Waals surface area contributed by atoms with E-state index < -0.39 is 0 Å². The molecule has 6 nitrogen and oxygen atoms in total. The first kappa shape index (κ1) is 22.0. The second kappa shape index (κ2) is 10.3. The third-order valence-corrected chi connectivity index (χ3v) is 4.44. The molecular weight excluding hydrogens is 465 g/mol. The lowest BCUT2D eigenvalue weighted by Crippen LogP contribution is -2.40. The molecule has 28 heavy (non-hydrogen) atoms. The Bertz CT molecular complexity index is 820. The number of rotatable bonds is 4. The number of aliphatic imine (C=N–C) groups is 1. The van der Waals surface area contributed by atoms with E-state index in [4.69, 9.17) is 0 Å². The first-order chi connectivity index (χ1) is 13.1. The molecule has 7 heteroatoms. The maximum Gasteiger partial charge on any atom is 0.319 e. The van der Waals surface area contributed by atoms with Gasteiger partial charge in [0.1, 0.15) is 0 Å². The molecule has 0 saturated carbocycles. The minimum atomic E-state index is -0.191. The standard InChI is InChI=1S/C21H27N5O.HI/c1-15(2)24-21(27)25-18-10-8-16(9-11-18)14-23-20(22-3)26-13-12-17-6-4-5-7-19(17)26;/h4-11,15H,12-14H2,1-3H3,(H,22,23)(H2,24,25,27);1H. The number of hydrogen-bond donors (Lipinski definition) is 3. The van der Waals surface area contributed by atoms with Gasteiger partial charge < -0.3 is 20.9 Å². The molecule has 0 aliphatic carbocycles. The van der Waals surface area contributed by atoms with E-state index >= 15 is 0 Å². The minimum Gasteiger partial charge on any atom is -0.352 e. The number of anilines is 2. The average Bonchev–Trinajstić information content (AvgIpc) is 3.07. The number of urea groups is 1. The molecule has 3 rings (SSSR count). The number of nitrogens with zero attached hydrogens (tertiary/aromatic N) is 2. The number of carbonyl (C=O) groups excluding carboxylic acids is 1. The summed E-state index contributed by atoms with van der Waals surface area (Å²) in [5.74, 6) is 0.874. The number of para-hydroxylation sites is 1. The molecule has 0 spiro atoms. The summed E-state index contributed by atoms with van der Waals surface area (Å²) in [5, 5.41) is 9.07. The van der Waals surface area contributed by atoms with Crippen molar-refractivity contribution in [3.05, 3.63) is 59.7 Å². The number of amides is 2. The van der Waals surface area contributed by atoms with Crippen LogP contribution in [0.5, 0.6) is 0 Å². The van der Waals surface area contributed by atoms with Crippen LogP contribution < -0.4 is 20.9 Å². The zero-order chi connectivity index (χ0) is 19.2. The monoisotopic (exact) mass is 493 g/mol. The quantitative estimate of drug-likeness (QED) is 0.343. The number of benzene rings is 2. The van der Waals surface area contributed by atoms with E-state index in [1.165, 1.54) is 11.3 Å². The van der Waals surface area contributed by atoms with Gasteiger partial charge in [0.15, 0.2) is 5.96 Å². The summed E-state index contributed by atoms with van der Waals surface area (Å²) in [5.41, 5.74) is 4.48. The van der Waals surface area contributed by atoms with Gasteiger partial charge in [-0.15, -0.1) is 24.0 Å². The highest BCUT2D eigenvalue weighted by atomic mass is 127. The smallest absolute Gasteiger partial charge is 0.319 e. The van der Waals surface area contributed by atoms with Crippen LogP contribution in [-0.4, -0.2) is 31.6 Å². The second-order valence-corrected chi connectivity index (χ2v) is 6.88. The highest BCUT2D eigenvalue weighted by Crippen LogP contribution is 2.27. The summed E-state index contributed by atoms with van der Waals surface area (Å²) < 4.78 is 0. The van der Waals surface area contributed by atoms with Crippen LogP contribution in [0.4, 0.5) is 16.2 Å². The SMILES string of the molecule is CN=C(NCc1ccc(NC(=O)NC(C)C)cc1)N1CCc2ccccc21.I. The van der Waals surface area contributed by atoms with Crippen LogP contribution >= 0.6 is 24.0 Å². The van der Waals surface area contributed by atoms with E-state index in [0.717, 1.165) is 30.2 Å². The molecule has 2 aromatic carbocycles. The predicted octanol–water partition coefficient (Wildman–Crippen LogP) is 3.97. The van der Waals surface area contributed by atoms with Gasteiger partial charge in [-0.2, -0.15) is 0 Å². The Morgan fingerprint density at radius 3 is 2.54 bits per heavy atom. The molecule has 0 aromatic heterocycles. The topological polar surface area (TPSA) is 68.8 Å². The molecule has 0 bridgehead atoms. The van der Waals surface area contributed by atoms with E-state index in [-0.39, 0.29) is 36.0 Å². The Morgan fingerprint density at radius 2 is 1.86 bits per heavy atom. The summed E-state index contributed by atoms with van der Waals surface area (Å²) >= 11 is 0. The number of nitrogens with one attached hydrogen (secondary N) is 3. The van der Waals surface area contributed by atoms with Gasteiger partial charge in [-0.1, -0.05) is 30.3 Å². The van der Waals surface area contributed by atoms with Crippen LogP contribution in [0.2, 0.25) is 0 Å². The number of guanidine groups is 1. The third-order valence-electron chi connectivity index (χ3n) is 4.44. The Kier molecular flexibility index (Phi) is 8.10. The Labute approximate surface area is 183 Å². The molecule has 1 aliphatic heterocycles. The highest BCUT2D eigenvalue weighted by Gasteiger charge is 2.22. The van der Waals surface area contributed by atoms with E-state index in [2.05, 4.69) is 50.1 Å². The fourth-order valence-corrected chi connectivity index (χ4v) is 3.17. The van der Waals surface area contributed by atoms with Crippen molar-refractivity contribution in [3.8, 4) is 0 Å². The molecule has 150 valence electrons. The van der Waals surface area contributed by atoms with E-state index in [1.54, 1.807) is 0 Å². The van der Waals surface area contributed by atoms with Crippen molar-refractivity contribution < 1.29 is 4.79 Å². The fourth-order valence-electron chi connectivity index (χ4n) is 3.17. The Balaban J connectivity index is 0.00000280. The van der Waals surface area contributed by atoms with Crippen LogP contribution in [0.3, 0.4) is 0 Å². The molecule has 0 saturated heterocycles. The fraction of sp³-hybridized carbons (Fsp3) is 0.333. The molecular formula is C21H28IN5O. The molecule has 0 radical (unpaired) electrons. The zero-order valence-electron chi connectivity index (χ0n) is 16.5. The van der Waals surface area contributed by atoms with Crippen LogP contribution in [0.25, 0.3) is 0 Å². The summed E-state index contributed by atoms with van der Waals surface area (Å²) in [6, 6.07) is 16.2. The largest absolute Gasteiger partial charge is 0.352 e. The lowest BCUT2D eigenvalue weighted by molar-refractivity contribution is 0.250. The van der Waals surface area contributed by atoms with Gasteiger partial charge in [0.05, 0.1) is 0 Å². The van der Waals surface area contributed by atoms with E-state index in [9.17, 15) is 4.79 Å². The van der Waals surface area contributed by atoms with Gasteiger partial charge in [0, 0.05) is 37.6 Å². The summed E-state index contributed by atoms with van der Waals surface area (Å²) in [6.07, 6.45) is 1.04. The van der Waals surface area contributed by atoms with Crippen molar-refractivity contribution in [1.82, 2.24) is 10.6 Å². The lowest BCUT2D eigenvalue weighted by Gasteiger charge is -2.22. The summed E-state index contributed by atoms with van der Waals surface area (Å²) in [6.45, 7) is 5.47. The summed E-state index contributed by atoms with van der Waals surface area (Å²) in [4.78, 5) is 18.4. The molecule has 0 fully saturated rings. The lowest BCUT2D eigenvalue weighted by atomic mass is 10.2. The molecule has 0 unspecified atom stereocenters. The van der Waals surface area contributed by atoms with Crippen molar-refractivity contribution in [2.75, 3.05) is 23.8 Å². The van der Waals surface area contributed by atoms with Crippen LogP contribution in [0, 0.1) is 0 Å². The molecule has 1 aliphatic rings. The van der Waals surface area contributed by atoms with Gasteiger partial charge in [-0.3, -0.25) is 4.99 Å². The third kappa shape index (κ3) is 5.60. The first-order valence-electron chi connectivity index (χ1n) is 9.29. The molecule has 3 N–H and O–H groups in total. The van der Waals surface area contributed by atoms with Crippen molar-refractivity contribution >= 4 is 47.3 Å². The molecule has 2 amide bonds. The second-order valence-electron chi connectivity index (χ2n) is 6.88. The Hall–Kier alpha value is -2.29. The van der Waals surface area contributed by atoms with Gasteiger partial charge >= 0.3 is 6.03 Å². The van der Waals surface area contributed by atoms with Crippen molar-refractivity contribution in [1.29, 1.82) is 0 Å². The Morgan fingerprint density at radius 1 is 1.14 bits per heavy atom. The van der Waals surface area contributed by atoms with Gasteiger partial charge in [0.25, 0.3) is 0 Å². The van der Waals surface area contributed by atoms with Gasteiger partial charge in [-0.05, 0) is 49.6 Å². The highest BCUT2D eigenvalue weighted by molar-refractivity contribution is 14.0. The normalized spacial score (nSPS) is 13.0. The maximum absolute atomic E-state index is 11.8. The number of halogens is 1. The van der Waals surface area contributed by atoms with Crippen LogP contribution in [-0.2, 0) is 13.0 Å². The maximum atomic E-state index is 11.8. The average molecular weight is 493 g/mol. The predicted molar refractivity (Wildman–Crippen MR) is 127 cm³/mol.